The fraction of sp³-hybridized carbons (Fsp3) is 1.00. The summed E-state index contributed by atoms with van der Waals surface area (Å²) in [5.74, 6) is 0. The Balaban J connectivity index is 4.11. The third-order valence-electron chi connectivity index (χ3n) is 2.97. The van der Waals surface area contributed by atoms with Crippen LogP contribution in [0.5, 0.6) is 0 Å². The van der Waals surface area contributed by atoms with Crippen molar-refractivity contribution in [2.75, 3.05) is 26.8 Å². The number of hydrogen-bond donors (Lipinski definition) is 1. The lowest BCUT2D eigenvalue weighted by Crippen LogP contribution is -2.36. The first kappa shape index (κ1) is 13.9. The van der Waals surface area contributed by atoms with Gasteiger partial charge in [-0.1, -0.05) is 26.7 Å². The van der Waals surface area contributed by atoms with Gasteiger partial charge in [0.15, 0.2) is 0 Å². The van der Waals surface area contributed by atoms with Crippen molar-refractivity contribution in [1.29, 1.82) is 0 Å². The van der Waals surface area contributed by atoms with E-state index in [4.69, 9.17) is 4.74 Å². The van der Waals surface area contributed by atoms with Crippen LogP contribution in [0.1, 0.15) is 46.5 Å². The molecule has 0 rings (SSSR count). The molecule has 86 valence electrons. The first-order valence-corrected chi connectivity index (χ1v) is 5.97. The minimum absolute atomic E-state index is 0.362. The van der Waals surface area contributed by atoms with E-state index in [0.717, 1.165) is 19.8 Å². The fourth-order valence-corrected chi connectivity index (χ4v) is 1.86. The molecule has 1 N–H and O–H groups in total. The summed E-state index contributed by atoms with van der Waals surface area (Å²) in [7, 11) is 2.03. The maximum atomic E-state index is 5.60. The van der Waals surface area contributed by atoms with Gasteiger partial charge in [-0.25, -0.2) is 0 Å². The van der Waals surface area contributed by atoms with Crippen molar-refractivity contribution in [2.45, 2.75) is 46.5 Å². The molecule has 0 aliphatic heterocycles. The van der Waals surface area contributed by atoms with Gasteiger partial charge in [0.2, 0.25) is 0 Å². The highest BCUT2D eigenvalue weighted by molar-refractivity contribution is 4.79. The molecule has 1 atom stereocenters. The van der Waals surface area contributed by atoms with Gasteiger partial charge in [0.05, 0.1) is 6.61 Å². The molecule has 0 amide bonds. The van der Waals surface area contributed by atoms with Crippen molar-refractivity contribution in [2.24, 2.45) is 5.41 Å². The summed E-state index contributed by atoms with van der Waals surface area (Å²) in [4.78, 5) is 0. The molecule has 1 unspecified atom stereocenters. The van der Waals surface area contributed by atoms with Crippen molar-refractivity contribution < 1.29 is 4.74 Å². The Bertz CT molecular complexity index is 117. The quantitative estimate of drug-likeness (QED) is 0.619. The Kier molecular flexibility index (Phi) is 8.20. The molecule has 2 nitrogen and oxygen atoms in total. The molecular formula is C12H27NO. The lowest BCUT2D eigenvalue weighted by atomic mass is 9.81. The Hall–Kier alpha value is -0.0800. The van der Waals surface area contributed by atoms with E-state index in [-0.39, 0.29) is 0 Å². The topological polar surface area (TPSA) is 21.3 Å². The zero-order valence-corrected chi connectivity index (χ0v) is 10.4. The first-order chi connectivity index (χ1) is 6.74. The van der Waals surface area contributed by atoms with Gasteiger partial charge in [0.25, 0.3) is 0 Å². The molecule has 0 saturated carbocycles. The zero-order chi connectivity index (χ0) is 10.9. The summed E-state index contributed by atoms with van der Waals surface area (Å²) < 4.78 is 5.60. The van der Waals surface area contributed by atoms with Crippen molar-refractivity contribution in [3.05, 3.63) is 0 Å². The molecule has 0 heterocycles. The van der Waals surface area contributed by atoms with Crippen LogP contribution in [0, 0.1) is 5.41 Å². The molecule has 0 bridgehead atoms. The van der Waals surface area contributed by atoms with E-state index in [9.17, 15) is 0 Å². The largest absolute Gasteiger partial charge is 0.381 e. The van der Waals surface area contributed by atoms with Crippen LogP contribution < -0.4 is 5.32 Å². The highest BCUT2D eigenvalue weighted by atomic mass is 16.5. The van der Waals surface area contributed by atoms with E-state index in [1.54, 1.807) is 0 Å². The maximum Gasteiger partial charge on any atom is 0.0534 e. The summed E-state index contributed by atoms with van der Waals surface area (Å²) in [5.41, 5.74) is 0.362. The van der Waals surface area contributed by atoms with Crippen LogP contribution in [-0.4, -0.2) is 26.8 Å². The van der Waals surface area contributed by atoms with Crippen molar-refractivity contribution in [3.63, 3.8) is 0 Å². The second kappa shape index (κ2) is 8.25. The van der Waals surface area contributed by atoms with E-state index in [1.165, 1.54) is 25.7 Å². The summed E-state index contributed by atoms with van der Waals surface area (Å²) >= 11 is 0. The highest BCUT2D eigenvalue weighted by Crippen LogP contribution is 2.28. The molecule has 0 aromatic carbocycles. The number of ether oxygens (including phenoxy) is 1. The lowest BCUT2D eigenvalue weighted by Gasteiger charge is -2.32. The van der Waals surface area contributed by atoms with E-state index >= 15 is 0 Å². The maximum absolute atomic E-state index is 5.60. The zero-order valence-electron chi connectivity index (χ0n) is 10.4. The molecule has 0 aromatic rings. The van der Waals surface area contributed by atoms with Gasteiger partial charge in [-0.15, -0.1) is 0 Å². The van der Waals surface area contributed by atoms with Gasteiger partial charge in [0, 0.05) is 18.6 Å². The number of hydrogen-bond acceptors (Lipinski definition) is 2. The van der Waals surface area contributed by atoms with Crippen molar-refractivity contribution in [3.8, 4) is 0 Å². The third kappa shape index (κ3) is 4.97. The van der Waals surface area contributed by atoms with Crippen LogP contribution in [0.2, 0.25) is 0 Å². The minimum Gasteiger partial charge on any atom is -0.381 e. The monoisotopic (exact) mass is 201 g/mol. The van der Waals surface area contributed by atoms with E-state index in [2.05, 4.69) is 26.1 Å². The Morgan fingerprint density at radius 2 is 1.93 bits per heavy atom. The number of unbranched alkanes of at least 4 members (excludes halogenated alkanes) is 1. The van der Waals surface area contributed by atoms with Crippen LogP contribution >= 0.6 is 0 Å². The average Bonchev–Trinajstić information content (AvgIpc) is 2.22. The molecule has 0 spiro atoms. The third-order valence-corrected chi connectivity index (χ3v) is 2.97. The van der Waals surface area contributed by atoms with Gasteiger partial charge in [-0.05, 0) is 26.8 Å². The van der Waals surface area contributed by atoms with Crippen LogP contribution in [0.4, 0.5) is 0 Å². The Labute approximate surface area is 89.4 Å². The Morgan fingerprint density at radius 1 is 1.21 bits per heavy atom. The predicted molar refractivity (Wildman–Crippen MR) is 62.7 cm³/mol. The van der Waals surface area contributed by atoms with E-state index < -0.39 is 0 Å². The van der Waals surface area contributed by atoms with Gasteiger partial charge >= 0.3 is 0 Å². The minimum atomic E-state index is 0.362. The molecule has 0 aliphatic rings. The number of nitrogens with one attached hydrogen (secondary N) is 1. The summed E-state index contributed by atoms with van der Waals surface area (Å²) in [6.07, 6.45) is 5.06. The van der Waals surface area contributed by atoms with E-state index in [0.29, 0.717) is 5.41 Å². The van der Waals surface area contributed by atoms with E-state index in [1.807, 2.05) is 7.05 Å². The van der Waals surface area contributed by atoms with Crippen molar-refractivity contribution in [1.82, 2.24) is 5.32 Å². The lowest BCUT2D eigenvalue weighted by molar-refractivity contribution is 0.0413. The van der Waals surface area contributed by atoms with Gasteiger partial charge in [0.1, 0.15) is 0 Å². The SMILES string of the molecule is CCCCC(CC)(CNC)COCC. The predicted octanol–water partition coefficient (Wildman–Crippen LogP) is 2.83. The summed E-state index contributed by atoms with van der Waals surface area (Å²) in [6, 6.07) is 0. The van der Waals surface area contributed by atoms with Gasteiger partial charge in [-0.3, -0.25) is 0 Å². The van der Waals surface area contributed by atoms with Crippen LogP contribution in [0.3, 0.4) is 0 Å². The molecular weight excluding hydrogens is 174 g/mol. The molecule has 0 fully saturated rings. The second-order valence-corrected chi connectivity index (χ2v) is 4.12. The van der Waals surface area contributed by atoms with Gasteiger partial charge in [-0.2, -0.15) is 0 Å². The summed E-state index contributed by atoms with van der Waals surface area (Å²) in [5, 5.41) is 3.30. The second-order valence-electron chi connectivity index (χ2n) is 4.12. The molecule has 0 aromatic heterocycles. The Morgan fingerprint density at radius 3 is 2.36 bits per heavy atom. The fourth-order valence-electron chi connectivity index (χ4n) is 1.86. The van der Waals surface area contributed by atoms with Crippen LogP contribution in [0.15, 0.2) is 0 Å². The molecule has 14 heavy (non-hydrogen) atoms. The summed E-state index contributed by atoms with van der Waals surface area (Å²) in [6.45, 7) is 9.40. The van der Waals surface area contributed by atoms with Crippen LogP contribution in [-0.2, 0) is 4.74 Å². The number of rotatable bonds is 9. The molecule has 0 aliphatic carbocycles. The smallest absolute Gasteiger partial charge is 0.0534 e. The van der Waals surface area contributed by atoms with Gasteiger partial charge < -0.3 is 10.1 Å². The standard InChI is InChI=1S/C12H27NO/c1-5-8-9-12(6-2,10-13-4)11-14-7-3/h13H,5-11H2,1-4H3. The van der Waals surface area contributed by atoms with Crippen LogP contribution in [0.25, 0.3) is 0 Å². The molecule has 2 heteroatoms. The molecule has 0 saturated heterocycles. The molecule has 0 radical (unpaired) electrons. The van der Waals surface area contributed by atoms with Crippen molar-refractivity contribution >= 4 is 0 Å². The first-order valence-electron chi connectivity index (χ1n) is 5.97. The normalized spacial score (nSPS) is 15.4. The average molecular weight is 201 g/mol. The highest BCUT2D eigenvalue weighted by Gasteiger charge is 2.26.